The van der Waals surface area contributed by atoms with Crippen molar-refractivity contribution in [1.29, 1.82) is 0 Å². The van der Waals surface area contributed by atoms with Crippen LogP contribution in [0.4, 0.5) is 5.95 Å². The Morgan fingerprint density at radius 2 is 1.71 bits per heavy atom. The Kier molecular flexibility index (Phi) is 5.98. The summed E-state index contributed by atoms with van der Waals surface area (Å²) in [6.07, 6.45) is 3.43. The zero-order valence-corrected chi connectivity index (χ0v) is 13.1. The molecule has 0 amide bonds. The molecule has 0 atom stereocenters. The fourth-order valence-corrected chi connectivity index (χ4v) is 2.57. The summed E-state index contributed by atoms with van der Waals surface area (Å²) < 4.78 is 10.3. The van der Waals surface area contributed by atoms with Crippen LogP contribution in [0.1, 0.15) is 26.2 Å². The average Bonchev–Trinajstić information content (AvgIpc) is 2.55. The molecule has 21 heavy (non-hydrogen) atoms. The Hall–Kier alpha value is -1.63. The first-order chi connectivity index (χ1) is 10.3. The fraction of sp³-hybridized carbons (Fsp3) is 0.786. The summed E-state index contributed by atoms with van der Waals surface area (Å²) in [5.74, 6) is 1.31. The molecule has 1 aliphatic heterocycles. The Morgan fingerprint density at radius 3 is 2.24 bits per heavy atom. The minimum atomic E-state index is 0.295. The van der Waals surface area contributed by atoms with E-state index in [0.29, 0.717) is 23.9 Å². The molecule has 1 saturated heterocycles. The van der Waals surface area contributed by atoms with E-state index >= 15 is 0 Å². The lowest BCUT2D eigenvalue weighted by molar-refractivity contribution is 0.337. The van der Waals surface area contributed by atoms with Crippen LogP contribution in [0.15, 0.2) is 0 Å². The molecule has 0 bridgehead atoms. The highest BCUT2D eigenvalue weighted by Gasteiger charge is 2.20. The van der Waals surface area contributed by atoms with E-state index in [4.69, 9.17) is 9.47 Å². The molecule has 1 aromatic heterocycles. The van der Waals surface area contributed by atoms with Crippen molar-refractivity contribution < 1.29 is 9.47 Å². The number of anilines is 1. The SMILES string of the molecule is CCCN(CC1CCNCC1)c1nc(OC)nc(OC)n1. The van der Waals surface area contributed by atoms with E-state index in [1.807, 2.05) is 0 Å². The molecule has 0 aliphatic carbocycles. The second-order valence-corrected chi connectivity index (χ2v) is 5.25. The number of nitrogens with zero attached hydrogens (tertiary/aromatic N) is 4. The molecule has 1 aromatic rings. The van der Waals surface area contributed by atoms with Crippen LogP contribution in [0, 0.1) is 5.92 Å². The molecule has 2 rings (SSSR count). The highest BCUT2D eigenvalue weighted by atomic mass is 16.5. The molecule has 1 fully saturated rings. The zero-order chi connectivity index (χ0) is 15.1. The Labute approximate surface area is 126 Å². The maximum atomic E-state index is 5.14. The molecule has 0 aromatic carbocycles. The predicted molar refractivity (Wildman–Crippen MR) is 81.0 cm³/mol. The van der Waals surface area contributed by atoms with Gasteiger partial charge in [-0.2, -0.15) is 9.97 Å². The van der Waals surface area contributed by atoms with E-state index in [0.717, 1.165) is 32.6 Å². The van der Waals surface area contributed by atoms with Gasteiger partial charge in [0, 0.05) is 13.1 Å². The summed E-state index contributed by atoms with van der Waals surface area (Å²) in [5, 5.41) is 3.40. The van der Waals surface area contributed by atoms with E-state index in [1.54, 1.807) is 14.2 Å². The van der Waals surface area contributed by atoms with Crippen LogP contribution in [0.5, 0.6) is 12.0 Å². The number of hydrogen-bond donors (Lipinski definition) is 1. The van der Waals surface area contributed by atoms with Gasteiger partial charge in [0.15, 0.2) is 0 Å². The number of ether oxygens (including phenoxy) is 2. The summed E-state index contributed by atoms with van der Waals surface area (Å²) in [4.78, 5) is 15.0. The first-order valence-electron chi connectivity index (χ1n) is 7.56. The molecular weight excluding hydrogens is 270 g/mol. The van der Waals surface area contributed by atoms with Crippen molar-refractivity contribution in [3.8, 4) is 12.0 Å². The van der Waals surface area contributed by atoms with Gasteiger partial charge in [-0.25, -0.2) is 0 Å². The van der Waals surface area contributed by atoms with E-state index < -0.39 is 0 Å². The zero-order valence-electron chi connectivity index (χ0n) is 13.1. The molecule has 0 spiro atoms. The normalized spacial score (nSPS) is 15.8. The molecule has 118 valence electrons. The molecular formula is C14H25N5O2. The van der Waals surface area contributed by atoms with E-state index in [9.17, 15) is 0 Å². The van der Waals surface area contributed by atoms with Crippen molar-refractivity contribution in [2.75, 3.05) is 45.3 Å². The second-order valence-electron chi connectivity index (χ2n) is 5.25. The summed E-state index contributed by atoms with van der Waals surface area (Å²) in [7, 11) is 3.10. The van der Waals surface area contributed by atoms with Gasteiger partial charge >= 0.3 is 12.0 Å². The molecule has 1 N–H and O–H groups in total. The Morgan fingerprint density at radius 1 is 1.10 bits per heavy atom. The summed E-state index contributed by atoms with van der Waals surface area (Å²) in [6.45, 7) is 6.22. The lowest BCUT2D eigenvalue weighted by Crippen LogP contribution is -2.37. The van der Waals surface area contributed by atoms with Crippen LogP contribution in [0.2, 0.25) is 0 Å². The third-order valence-corrected chi connectivity index (χ3v) is 3.66. The number of nitrogens with one attached hydrogen (secondary N) is 1. The number of hydrogen-bond acceptors (Lipinski definition) is 7. The standard InChI is InChI=1S/C14H25N5O2/c1-4-9-19(10-11-5-7-15-8-6-11)12-16-13(20-2)18-14(17-12)21-3/h11,15H,4-10H2,1-3H3. The smallest absolute Gasteiger partial charge is 0.324 e. The van der Waals surface area contributed by atoms with Crippen molar-refractivity contribution >= 4 is 5.95 Å². The molecule has 2 heterocycles. The van der Waals surface area contributed by atoms with Gasteiger partial charge in [0.2, 0.25) is 5.95 Å². The monoisotopic (exact) mass is 295 g/mol. The molecule has 7 nitrogen and oxygen atoms in total. The van der Waals surface area contributed by atoms with Crippen molar-refractivity contribution in [1.82, 2.24) is 20.3 Å². The van der Waals surface area contributed by atoms with Crippen LogP contribution >= 0.6 is 0 Å². The quantitative estimate of drug-likeness (QED) is 0.807. The summed E-state index contributed by atoms with van der Waals surface area (Å²) in [6, 6.07) is 0.589. The van der Waals surface area contributed by atoms with Gasteiger partial charge in [-0.05, 0) is 38.3 Å². The Balaban J connectivity index is 2.15. The third kappa shape index (κ3) is 4.42. The average molecular weight is 295 g/mol. The van der Waals surface area contributed by atoms with Crippen molar-refractivity contribution in [2.24, 2.45) is 5.92 Å². The van der Waals surface area contributed by atoms with Gasteiger partial charge in [0.25, 0.3) is 0 Å². The van der Waals surface area contributed by atoms with Gasteiger partial charge in [-0.15, -0.1) is 4.98 Å². The number of rotatable bonds is 7. The summed E-state index contributed by atoms with van der Waals surface area (Å²) in [5.41, 5.74) is 0. The van der Waals surface area contributed by atoms with Gasteiger partial charge < -0.3 is 19.7 Å². The summed E-state index contributed by atoms with van der Waals surface area (Å²) >= 11 is 0. The first-order valence-corrected chi connectivity index (χ1v) is 7.56. The van der Waals surface area contributed by atoms with Gasteiger partial charge in [-0.1, -0.05) is 6.92 Å². The molecule has 0 saturated carbocycles. The maximum Gasteiger partial charge on any atom is 0.324 e. The predicted octanol–water partition coefficient (Wildman–Crippen LogP) is 1.10. The topological polar surface area (TPSA) is 72.4 Å². The molecule has 0 unspecified atom stereocenters. The van der Waals surface area contributed by atoms with Crippen LogP contribution in [-0.4, -0.2) is 55.4 Å². The van der Waals surface area contributed by atoms with Crippen molar-refractivity contribution in [3.63, 3.8) is 0 Å². The lowest BCUT2D eigenvalue weighted by atomic mass is 9.97. The van der Waals surface area contributed by atoms with E-state index in [2.05, 4.69) is 32.1 Å². The highest BCUT2D eigenvalue weighted by molar-refractivity contribution is 5.32. The van der Waals surface area contributed by atoms with Crippen LogP contribution in [-0.2, 0) is 0 Å². The van der Waals surface area contributed by atoms with Crippen molar-refractivity contribution in [3.05, 3.63) is 0 Å². The van der Waals surface area contributed by atoms with E-state index in [1.165, 1.54) is 12.8 Å². The van der Waals surface area contributed by atoms with E-state index in [-0.39, 0.29) is 0 Å². The minimum absolute atomic E-state index is 0.295. The Bertz CT molecular complexity index is 415. The minimum Gasteiger partial charge on any atom is -0.467 e. The first kappa shape index (κ1) is 15.8. The van der Waals surface area contributed by atoms with Gasteiger partial charge in [-0.3, -0.25) is 0 Å². The highest BCUT2D eigenvalue weighted by Crippen LogP contribution is 2.20. The largest absolute Gasteiger partial charge is 0.467 e. The lowest BCUT2D eigenvalue weighted by Gasteiger charge is -2.30. The molecule has 7 heteroatoms. The number of aromatic nitrogens is 3. The van der Waals surface area contributed by atoms with Crippen LogP contribution < -0.4 is 19.7 Å². The van der Waals surface area contributed by atoms with Crippen molar-refractivity contribution in [2.45, 2.75) is 26.2 Å². The van der Waals surface area contributed by atoms with Crippen LogP contribution in [0.25, 0.3) is 0 Å². The second kappa shape index (κ2) is 7.97. The van der Waals surface area contributed by atoms with Crippen LogP contribution in [0.3, 0.4) is 0 Å². The molecule has 1 aliphatic rings. The number of piperidine rings is 1. The van der Waals surface area contributed by atoms with Gasteiger partial charge in [0.05, 0.1) is 14.2 Å². The number of methoxy groups -OCH3 is 2. The molecule has 0 radical (unpaired) electrons. The fourth-order valence-electron chi connectivity index (χ4n) is 2.57. The third-order valence-electron chi connectivity index (χ3n) is 3.66. The van der Waals surface area contributed by atoms with Gasteiger partial charge in [0.1, 0.15) is 0 Å². The maximum absolute atomic E-state index is 5.14.